The second-order valence-corrected chi connectivity index (χ2v) is 7.27. The third-order valence-corrected chi connectivity index (χ3v) is 4.78. The zero-order valence-electron chi connectivity index (χ0n) is 14.1. The number of nitrogens with two attached hydrogens (primary N) is 1. The van der Waals surface area contributed by atoms with Crippen LogP contribution in [0.5, 0.6) is 0 Å². The van der Waals surface area contributed by atoms with Crippen molar-refractivity contribution in [3.05, 3.63) is 11.1 Å². The van der Waals surface area contributed by atoms with Gasteiger partial charge in [-0.1, -0.05) is 13.8 Å². The van der Waals surface area contributed by atoms with E-state index in [1.54, 1.807) is 5.38 Å². The predicted molar refractivity (Wildman–Crippen MR) is 102 cm³/mol. The number of carbonyl (C=O) groups excluding carboxylic acids is 2. The van der Waals surface area contributed by atoms with Crippen LogP contribution in [-0.2, 0) is 16.0 Å². The fourth-order valence-corrected chi connectivity index (χ4v) is 2.98. The lowest BCUT2D eigenvalue weighted by Gasteiger charge is -2.29. The largest absolute Gasteiger partial charge is 0.349 e. The zero-order chi connectivity index (χ0) is 16.3. The van der Waals surface area contributed by atoms with Crippen LogP contribution < -0.4 is 16.4 Å². The summed E-state index contributed by atoms with van der Waals surface area (Å²) in [5.74, 6) is 0.235. The summed E-state index contributed by atoms with van der Waals surface area (Å²) in [6.45, 7) is 6.08. The second-order valence-electron chi connectivity index (χ2n) is 6.41. The van der Waals surface area contributed by atoms with Crippen molar-refractivity contribution in [2.75, 3.05) is 11.9 Å². The molecule has 1 heterocycles. The van der Waals surface area contributed by atoms with E-state index in [1.807, 2.05) is 20.8 Å². The molecule has 24 heavy (non-hydrogen) atoms. The summed E-state index contributed by atoms with van der Waals surface area (Å²) in [5.41, 5.74) is 6.15. The first kappa shape index (κ1) is 23.1. The molecule has 1 aromatic rings. The smallest absolute Gasteiger partial charge is 0.228 e. The van der Waals surface area contributed by atoms with Gasteiger partial charge in [0.1, 0.15) is 0 Å². The van der Waals surface area contributed by atoms with Gasteiger partial charge in [0.05, 0.1) is 17.7 Å². The molecule has 1 fully saturated rings. The molecule has 1 unspecified atom stereocenters. The minimum absolute atomic E-state index is 0. The predicted octanol–water partition coefficient (Wildman–Crippen LogP) is 2.37. The third kappa shape index (κ3) is 6.20. The Balaban J connectivity index is 0.00000264. The molecule has 138 valence electrons. The highest BCUT2D eigenvalue weighted by Gasteiger charge is 2.41. The molecule has 0 saturated heterocycles. The fourth-order valence-electron chi connectivity index (χ4n) is 2.26. The zero-order valence-corrected chi connectivity index (χ0v) is 16.6. The molecule has 0 aliphatic heterocycles. The highest BCUT2D eigenvalue weighted by Crippen LogP contribution is 2.39. The fraction of sp³-hybridized carbons (Fsp3) is 0.667. The molecule has 1 aromatic heterocycles. The van der Waals surface area contributed by atoms with E-state index in [4.69, 9.17) is 5.73 Å². The topological polar surface area (TPSA) is 97.1 Å². The van der Waals surface area contributed by atoms with Gasteiger partial charge in [-0.05, 0) is 25.7 Å². The summed E-state index contributed by atoms with van der Waals surface area (Å²) in [4.78, 5) is 28.1. The molecule has 6 nitrogen and oxygen atoms in total. The lowest BCUT2D eigenvalue weighted by molar-refractivity contribution is -0.122. The van der Waals surface area contributed by atoms with Crippen molar-refractivity contribution in [1.82, 2.24) is 10.3 Å². The molecule has 1 aliphatic carbocycles. The van der Waals surface area contributed by atoms with Gasteiger partial charge in [0.2, 0.25) is 11.8 Å². The SMILES string of the molecule is CC(C)C(=O)Nc1nc(CC(=O)NC(C)(CN)C2CC2)cs1.Cl.Cl. The van der Waals surface area contributed by atoms with Gasteiger partial charge in [0.15, 0.2) is 5.13 Å². The maximum absolute atomic E-state index is 12.2. The first-order valence-electron chi connectivity index (χ1n) is 7.60. The molecular weight excluding hydrogens is 371 g/mol. The van der Waals surface area contributed by atoms with Crippen LogP contribution in [0.2, 0.25) is 0 Å². The average Bonchev–Trinajstić information content (AvgIpc) is 3.22. The summed E-state index contributed by atoms with van der Waals surface area (Å²) in [5, 5.41) is 8.11. The van der Waals surface area contributed by atoms with Crippen molar-refractivity contribution in [2.45, 2.75) is 45.6 Å². The maximum atomic E-state index is 12.2. The molecule has 2 amide bonds. The summed E-state index contributed by atoms with van der Waals surface area (Å²) in [7, 11) is 0. The van der Waals surface area contributed by atoms with Gasteiger partial charge in [-0.3, -0.25) is 9.59 Å². The molecule has 0 bridgehead atoms. The van der Waals surface area contributed by atoms with Crippen molar-refractivity contribution in [3.8, 4) is 0 Å². The van der Waals surface area contributed by atoms with E-state index in [9.17, 15) is 9.59 Å². The quantitative estimate of drug-likeness (QED) is 0.658. The number of anilines is 1. The Kier molecular flexibility index (Phi) is 9.20. The summed E-state index contributed by atoms with van der Waals surface area (Å²) >= 11 is 1.33. The minimum atomic E-state index is -0.318. The van der Waals surface area contributed by atoms with E-state index in [2.05, 4.69) is 15.6 Å². The third-order valence-electron chi connectivity index (χ3n) is 3.98. The maximum Gasteiger partial charge on any atom is 0.228 e. The Hall–Kier alpha value is -0.890. The standard InChI is InChI=1S/C15H24N4O2S.2ClH/c1-9(2)13(21)18-14-17-11(7-22-14)6-12(20)19-15(3,8-16)10-4-5-10;;/h7,9-10H,4-6,8,16H2,1-3H3,(H,19,20)(H,17,18,21);2*1H. The molecule has 1 atom stereocenters. The monoisotopic (exact) mass is 396 g/mol. The Morgan fingerprint density at radius 2 is 2.04 bits per heavy atom. The number of nitrogens with zero attached hydrogens (tertiary/aromatic N) is 1. The number of aromatic nitrogens is 1. The van der Waals surface area contributed by atoms with E-state index in [0.29, 0.717) is 23.3 Å². The van der Waals surface area contributed by atoms with Crippen LogP contribution >= 0.6 is 36.2 Å². The molecule has 0 radical (unpaired) electrons. The Labute approximate surface area is 159 Å². The molecule has 0 aromatic carbocycles. The van der Waals surface area contributed by atoms with E-state index in [0.717, 1.165) is 12.8 Å². The van der Waals surface area contributed by atoms with Gasteiger partial charge in [-0.25, -0.2) is 4.98 Å². The summed E-state index contributed by atoms with van der Waals surface area (Å²) in [6, 6.07) is 0. The minimum Gasteiger partial charge on any atom is -0.349 e. The van der Waals surface area contributed by atoms with E-state index >= 15 is 0 Å². The molecule has 2 rings (SSSR count). The average molecular weight is 397 g/mol. The van der Waals surface area contributed by atoms with Crippen molar-refractivity contribution in [1.29, 1.82) is 0 Å². The number of thiazole rings is 1. The first-order valence-corrected chi connectivity index (χ1v) is 8.48. The normalized spacial score (nSPS) is 15.7. The molecular formula is C15H26Cl2N4O2S. The highest BCUT2D eigenvalue weighted by molar-refractivity contribution is 7.13. The number of hydrogen-bond donors (Lipinski definition) is 3. The summed E-state index contributed by atoms with van der Waals surface area (Å²) < 4.78 is 0. The van der Waals surface area contributed by atoms with E-state index in [1.165, 1.54) is 11.3 Å². The first-order chi connectivity index (χ1) is 10.3. The molecule has 9 heteroatoms. The van der Waals surface area contributed by atoms with Crippen LogP contribution in [0.4, 0.5) is 5.13 Å². The number of amides is 2. The van der Waals surface area contributed by atoms with Gasteiger partial charge < -0.3 is 16.4 Å². The van der Waals surface area contributed by atoms with Crippen LogP contribution in [-0.4, -0.2) is 28.9 Å². The van der Waals surface area contributed by atoms with Crippen molar-refractivity contribution >= 4 is 53.1 Å². The number of hydrogen-bond acceptors (Lipinski definition) is 5. The number of rotatable bonds is 7. The Morgan fingerprint density at radius 1 is 1.42 bits per heavy atom. The Bertz CT molecular complexity index is 563. The molecule has 1 saturated carbocycles. The lowest BCUT2D eigenvalue weighted by atomic mass is 9.95. The lowest BCUT2D eigenvalue weighted by Crippen LogP contribution is -2.53. The number of halogens is 2. The Morgan fingerprint density at radius 3 is 2.54 bits per heavy atom. The molecule has 0 spiro atoms. The van der Waals surface area contributed by atoms with Crippen LogP contribution in [0.15, 0.2) is 5.38 Å². The number of carbonyl (C=O) groups is 2. The summed E-state index contributed by atoms with van der Waals surface area (Å²) in [6.07, 6.45) is 2.45. The van der Waals surface area contributed by atoms with E-state index < -0.39 is 0 Å². The highest BCUT2D eigenvalue weighted by atomic mass is 35.5. The van der Waals surface area contributed by atoms with Crippen LogP contribution in [0.1, 0.15) is 39.3 Å². The van der Waals surface area contributed by atoms with Gasteiger partial charge in [-0.15, -0.1) is 36.2 Å². The second kappa shape index (κ2) is 9.56. The molecule has 1 aliphatic rings. The van der Waals surface area contributed by atoms with Crippen molar-refractivity contribution in [3.63, 3.8) is 0 Å². The van der Waals surface area contributed by atoms with Crippen LogP contribution in [0.3, 0.4) is 0 Å². The van der Waals surface area contributed by atoms with Crippen LogP contribution in [0, 0.1) is 11.8 Å². The van der Waals surface area contributed by atoms with Crippen molar-refractivity contribution in [2.24, 2.45) is 17.6 Å². The van der Waals surface area contributed by atoms with Gasteiger partial charge in [-0.2, -0.15) is 0 Å². The number of nitrogens with one attached hydrogen (secondary N) is 2. The van der Waals surface area contributed by atoms with E-state index in [-0.39, 0.29) is 54.5 Å². The van der Waals surface area contributed by atoms with Gasteiger partial charge >= 0.3 is 0 Å². The molecule has 4 N–H and O–H groups in total. The van der Waals surface area contributed by atoms with Crippen molar-refractivity contribution < 1.29 is 9.59 Å². The van der Waals surface area contributed by atoms with Gasteiger partial charge in [0, 0.05) is 17.8 Å². The van der Waals surface area contributed by atoms with Gasteiger partial charge in [0.25, 0.3) is 0 Å². The van der Waals surface area contributed by atoms with Crippen LogP contribution in [0.25, 0.3) is 0 Å².